The summed E-state index contributed by atoms with van der Waals surface area (Å²) in [5.41, 5.74) is 0.455. The summed E-state index contributed by atoms with van der Waals surface area (Å²) in [6.45, 7) is 0.863. The quantitative estimate of drug-likeness (QED) is 0.817. The van der Waals surface area contributed by atoms with E-state index in [1.54, 1.807) is 0 Å². The number of sulfone groups is 1. The average Bonchev–Trinajstić information content (AvgIpc) is 2.28. The average molecular weight is 262 g/mol. The van der Waals surface area contributed by atoms with Gasteiger partial charge in [-0.25, -0.2) is 12.8 Å². The van der Waals surface area contributed by atoms with Gasteiger partial charge in [0.05, 0.1) is 23.7 Å². The fourth-order valence-electron chi connectivity index (χ4n) is 1.41. The Hall–Kier alpha value is -0.980. The molecule has 2 unspecified atom stereocenters. The molecule has 0 aliphatic heterocycles. The van der Waals surface area contributed by atoms with Crippen molar-refractivity contribution in [3.05, 3.63) is 35.6 Å². The summed E-state index contributed by atoms with van der Waals surface area (Å²) in [7, 11) is -3.57. The van der Waals surface area contributed by atoms with E-state index in [9.17, 15) is 12.8 Å². The highest BCUT2D eigenvalue weighted by Crippen LogP contribution is 2.23. The van der Waals surface area contributed by atoms with E-state index in [-0.39, 0.29) is 0 Å². The Balaban J connectivity index is 2.88. The molecule has 96 valence electrons. The smallest absolute Gasteiger partial charge is 0.159 e. The van der Waals surface area contributed by atoms with Crippen LogP contribution in [0.15, 0.2) is 24.3 Å². The molecule has 17 heavy (non-hydrogen) atoms. The van der Waals surface area contributed by atoms with Gasteiger partial charge in [-0.3, -0.25) is 0 Å². The molecule has 0 aliphatic rings. The zero-order valence-corrected chi connectivity index (χ0v) is 10.2. The van der Waals surface area contributed by atoms with E-state index in [1.165, 1.54) is 31.2 Å². The zero-order chi connectivity index (χ0) is 13.1. The van der Waals surface area contributed by atoms with E-state index in [0.717, 1.165) is 0 Å². The van der Waals surface area contributed by atoms with Crippen LogP contribution in [0.2, 0.25) is 0 Å². The molecule has 4 nitrogen and oxygen atoms in total. The van der Waals surface area contributed by atoms with Gasteiger partial charge < -0.3 is 10.2 Å². The third-order valence-electron chi connectivity index (χ3n) is 2.51. The summed E-state index contributed by atoms with van der Waals surface area (Å²) in [4.78, 5) is 0. The third kappa shape index (κ3) is 3.76. The van der Waals surface area contributed by atoms with E-state index >= 15 is 0 Å². The molecule has 0 heterocycles. The highest BCUT2D eigenvalue weighted by molar-refractivity contribution is 7.91. The number of hydrogen-bond acceptors (Lipinski definition) is 4. The van der Waals surface area contributed by atoms with Crippen molar-refractivity contribution in [1.29, 1.82) is 0 Å². The second kappa shape index (κ2) is 5.57. The lowest BCUT2D eigenvalue weighted by molar-refractivity contribution is 0.112. The van der Waals surface area contributed by atoms with E-state index in [1.807, 2.05) is 0 Å². The van der Waals surface area contributed by atoms with Crippen molar-refractivity contribution in [3.8, 4) is 0 Å². The maximum absolute atomic E-state index is 12.7. The largest absolute Gasteiger partial charge is 0.394 e. The summed E-state index contributed by atoms with van der Waals surface area (Å²) >= 11 is 0. The van der Waals surface area contributed by atoms with Gasteiger partial charge in [0.2, 0.25) is 0 Å². The minimum atomic E-state index is -3.57. The van der Waals surface area contributed by atoms with E-state index in [0.29, 0.717) is 5.56 Å². The van der Waals surface area contributed by atoms with E-state index in [4.69, 9.17) is 10.2 Å². The Kier molecular flexibility index (Phi) is 4.62. The van der Waals surface area contributed by atoms with Gasteiger partial charge in [0, 0.05) is 0 Å². The van der Waals surface area contributed by atoms with Crippen molar-refractivity contribution in [2.45, 2.75) is 18.3 Å². The van der Waals surface area contributed by atoms with Crippen molar-refractivity contribution in [3.63, 3.8) is 0 Å². The predicted octanol–water partition coefficient (Wildman–Crippen LogP) is 0.655. The molecule has 0 spiro atoms. The Bertz CT molecular complexity index is 455. The van der Waals surface area contributed by atoms with Gasteiger partial charge in [0.25, 0.3) is 0 Å². The fourth-order valence-corrected chi connectivity index (χ4v) is 2.91. The fraction of sp³-hybridized carbons (Fsp3) is 0.455. The van der Waals surface area contributed by atoms with Gasteiger partial charge >= 0.3 is 0 Å². The minimum absolute atomic E-state index is 0.436. The minimum Gasteiger partial charge on any atom is -0.394 e. The maximum atomic E-state index is 12.7. The molecule has 1 aromatic rings. The van der Waals surface area contributed by atoms with Crippen molar-refractivity contribution in [1.82, 2.24) is 0 Å². The lowest BCUT2D eigenvalue weighted by Gasteiger charge is -2.15. The van der Waals surface area contributed by atoms with Crippen molar-refractivity contribution in [2.24, 2.45) is 0 Å². The summed E-state index contributed by atoms with van der Waals surface area (Å²) in [5, 5.41) is 16.9. The molecule has 0 saturated carbocycles. The second-order valence-corrected chi connectivity index (χ2v) is 6.23. The van der Waals surface area contributed by atoms with Crippen LogP contribution in [0.1, 0.15) is 17.7 Å². The predicted molar refractivity (Wildman–Crippen MR) is 61.7 cm³/mol. The maximum Gasteiger partial charge on any atom is 0.159 e. The van der Waals surface area contributed by atoms with Crippen molar-refractivity contribution < 1.29 is 23.0 Å². The number of hydrogen-bond donors (Lipinski definition) is 2. The summed E-state index contributed by atoms with van der Waals surface area (Å²) in [6, 6.07) is 5.15. The van der Waals surface area contributed by atoms with Crippen LogP contribution in [0, 0.1) is 5.82 Å². The molecule has 0 saturated heterocycles. The van der Waals surface area contributed by atoms with Gasteiger partial charge in [0.1, 0.15) is 5.82 Å². The number of aliphatic hydroxyl groups excluding tert-OH is 2. The van der Waals surface area contributed by atoms with Crippen LogP contribution >= 0.6 is 0 Å². The molecule has 0 aromatic heterocycles. The Morgan fingerprint density at radius 1 is 1.29 bits per heavy atom. The van der Waals surface area contributed by atoms with Gasteiger partial charge in [0.15, 0.2) is 9.84 Å². The van der Waals surface area contributed by atoms with Crippen LogP contribution < -0.4 is 0 Å². The molecule has 1 rings (SSSR count). The van der Waals surface area contributed by atoms with Crippen LogP contribution in [0.5, 0.6) is 0 Å². The standard InChI is InChI=1S/C11H15FO4S/c1-8(9-2-4-10(12)5-3-9)17(15,16)7-11(14)6-13/h2-5,8,11,13-14H,6-7H2,1H3. The number of benzene rings is 1. The number of rotatable bonds is 5. The molecule has 0 amide bonds. The highest BCUT2D eigenvalue weighted by Gasteiger charge is 2.25. The monoisotopic (exact) mass is 262 g/mol. The first-order chi connectivity index (χ1) is 7.86. The Morgan fingerprint density at radius 2 is 1.82 bits per heavy atom. The second-order valence-electron chi connectivity index (χ2n) is 3.86. The lowest BCUT2D eigenvalue weighted by atomic mass is 10.2. The van der Waals surface area contributed by atoms with Crippen LogP contribution in [0.3, 0.4) is 0 Å². The molecule has 2 atom stereocenters. The lowest BCUT2D eigenvalue weighted by Crippen LogP contribution is -2.27. The molecular formula is C11H15FO4S. The van der Waals surface area contributed by atoms with Gasteiger partial charge in [-0.05, 0) is 24.6 Å². The van der Waals surface area contributed by atoms with Gasteiger partial charge in [-0.2, -0.15) is 0 Å². The normalized spacial score (nSPS) is 15.5. The van der Waals surface area contributed by atoms with E-state index in [2.05, 4.69) is 0 Å². The van der Waals surface area contributed by atoms with E-state index < -0.39 is 39.4 Å². The third-order valence-corrected chi connectivity index (χ3v) is 4.71. The number of aliphatic hydroxyl groups is 2. The zero-order valence-electron chi connectivity index (χ0n) is 9.38. The first-order valence-electron chi connectivity index (χ1n) is 5.13. The molecule has 0 bridgehead atoms. The van der Waals surface area contributed by atoms with Crippen molar-refractivity contribution >= 4 is 9.84 Å². The summed E-state index contributed by atoms with van der Waals surface area (Å²) in [5.74, 6) is -0.948. The highest BCUT2D eigenvalue weighted by atomic mass is 32.2. The molecule has 0 radical (unpaired) electrons. The SMILES string of the molecule is CC(c1ccc(F)cc1)S(=O)(=O)CC(O)CO. The first-order valence-corrected chi connectivity index (χ1v) is 6.84. The van der Waals surface area contributed by atoms with Crippen LogP contribution in [-0.2, 0) is 9.84 Å². The molecule has 2 N–H and O–H groups in total. The van der Waals surface area contributed by atoms with Crippen LogP contribution in [0.25, 0.3) is 0 Å². The number of halogens is 1. The van der Waals surface area contributed by atoms with Crippen molar-refractivity contribution in [2.75, 3.05) is 12.4 Å². The molecule has 0 fully saturated rings. The molecular weight excluding hydrogens is 247 g/mol. The van der Waals surface area contributed by atoms with Gasteiger partial charge in [-0.1, -0.05) is 12.1 Å². The summed E-state index contributed by atoms with van der Waals surface area (Å²) < 4.78 is 36.3. The molecule has 0 aliphatic carbocycles. The molecule has 6 heteroatoms. The summed E-state index contributed by atoms with van der Waals surface area (Å²) in [6.07, 6.45) is -1.29. The topological polar surface area (TPSA) is 74.6 Å². The van der Waals surface area contributed by atoms with Crippen LogP contribution in [0.4, 0.5) is 4.39 Å². The van der Waals surface area contributed by atoms with Crippen LogP contribution in [-0.4, -0.2) is 37.1 Å². The Labute approximate surface area is 99.6 Å². The molecule has 1 aromatic carbocycles. The first kappa shape index (κ1) is 14.1. The Morgan fingerprint density at radius 3 is 2.29 bits per heavy atom. The van der Waals surface area contributed by atoms with Gasteiger partial charge in [-0.15, -0.1) is 0 Å².